The summed E-state index contributed by atoms with van der Waals surface area (Å²) < 4.78 is 0. The van der Waals surface area contributed by atoms with Gasteiger partial charge in [-0.05, 0) is 17.0 Å². The Bertz CT molecular complexity index is 441. The van der Waals surface area contributed by atoms with Crippen LogP contribution < -0.4 is 0 Å². The van der Waals surface area contributed by atoms with Gasteiger partial charge in [0.2, 0.25) is 5.91 Å². The Kier molecular flexibility index (Phi) is 4.91. The number of carbonyl (C=O) groups is 1. The smallest absolute Gasteiger partial charge is 0.223 e. The van der Waals surface area contributed by atoms with Gasteiger partial charge in [0.05, 0.1) is 12.0 Å². The van der Waals surface area contributed by atoms with Crippen LogP contribution in [0.2, 0.25) is 0 Å². The Morgan fingerprint density at radius 1 is 1.22 bits per heavy atom. The highest BCUT2D eigenvalue weighted by atomic mass is 16.2. The highest BCUT2D eigenvalue weighted by molar-refractivity contribution is 5.77. The average molecular weight is 244 g/mol. The molecule has 0 saturated heterocycles. The fourth-order valence-corrected chi connectivity index (χ4v) is 1.71. The largest absolute Gasteiger partial charge is 0.349 e. The van der Waals surface area contributed by atoms with Crippen molar-refractivity contribution in [3.05, 3.63) is 35.4 Å². The van der Waals surface area contributed by atoms with Crippen LogP contribution >= 0.6 is 0 Å². The van der Waals surface area contributed by atoms with E-state index in [9.17, 15) is 4.79 Å². The molecule has 1 rings (SSSR count). The van der Waals surface area contributed by atoms with Gasteiger partial charge in [-0.25, -0.2) is 0 Å². The lowest BCUT2D eigenvalue weighted by atomic mass is 9.93. The van der Waals surface area contributed by atoms with Gasteiger partial charge in [-0.2, -0.15) is 5.26 Å². The van der Waals surface area contributed by atoms with Crippen LogP contribution in [0.5, 0.6) is 0 Å². The van der Waals surface area contributed by atoms with Crippen LogP contribution in [0.15, 0.2) is 24.3 Å². The van der Waals surface area contributed by atoms with Crippen molar-refractivity contribution in [2.75, 3.05) is 14.1 Å². The summed E-state index contributed by atoms with van der Waals surface area (Å²) in [5, 5.41) is 9.17. The molecule has 0 radical (unpaired) electrons. The van der Waals surface area contributed by atoms with Gasteiger partial charge in [0.25, 0.3) is 0 Å². The zero-order valence-electron chi connectivity index (χ0n) is 11.5. The Morgan fingerprint density at radius 2 is 1.72 bits per heavy atom. The zero-order chi connectivity index (χ0) is 13.7. The standard InChI is InChI=1S/C15H20N2O/c1-11(2)12-5-7-13(8-6-12)14(10-16)9-15(18)17(3)4/h5-8,11,14H,9H2,1-4H3. The number of rotatable bonds is 4. The molecule has 0 N–H and O–H groups in total. The second-order valence-corrected chi connectivity index (χ2v) is 5.00. The lowest BCUT2D eigenvalue weighted by Gasteiger charge is -2.14. The molecule has 3 heteroatoms. The lowest BCUT2D eigenvalue weighted by molar-refractivity contribution is -0.128. The van der Waals surface area contributed by atoms with Crippen LogP contribution in [-0.2, 0) is 4.79 Å². The molecule has 0 saturated carbocycles. The molecule has 0 aromatic heterocycles. The first-order valence-electron chi connectivity index (χ1n) is 6.15. The van der Waals surface area contributed by atoms with E-state index in [0.717, 1.165) is 5.56 Å². The number of nitrogens with zero attached hydrogens (tertiary/aromatic N) is 2. The third-order valence-corrected chi connectivity index (χ3v) is 3.04. The van der Waals surface area contributed by atoms with Gasteiger partial charge < -0.3 is 4.90 Å². The third kappa shape index (κ3) is 3.59. The molecule has 1 atom stereocenters. The van der Waals surface area contributed by atoms with Crippen molar-refractivity contribution in [2.45, 2.75) is 32.1 Å². The summed E-state index contributed by atoms with van der Waals surface area (Å²) in [5.41, 5.74) is 2.16. The summed E-state index contributed by atoms with van der Waals surface area (Å²) in [6.07, 6.45) is 0.241. The summed E-state index contributed by atoms with van der Waals surface area (Å²) in [6.45, 7) is 4.26. The minimum atomic E-state index is -0.360. The highest BCUT2D eigenvalue weighted by Gasteiger charge is 2.16. The number of carbonyl (C=O) groups excluding carboxylic acids is 1. The molecule has 3 nitrogen and oxygen atoms in total. The van der Waals surface area contributed by atoms with Crippen molar-refractivity contribution >= 4 is 5.91 Å². The maximum absolute atomic E-state index is 11.6. The van der Waals surface area contributed by atoms with Crippen LogP contribution in [0, 0.1) is 11.3 Å². The second kappa shape index (κ2) is 6.20. The molecule has 1 aromatic rings. The van der Waals surface area contributed by atoms with Crippen LogP contribution in [0.25, 0.3) is 0 Å². The molecule has 0 fully saturated rings. The molecule has 1 unspecified atom stereocenters. The van der Waals surface area contributed by atoms with Crippen molar-refractivity contribution in [3.8, 4) is 6.07 Å². The molecule has 0 aliphatic rings. The van der Waals surface area contributed by atoms with Gasteiger partial charge in [0.15, 0.2) is 0 Å². The maximum Gasteiger partial charge on any atom is 0.223 e. The van der Waals surface area contributed by atoms with Crippen molar-refractivity contribution < 1.29 is 4.79 Å². The van der Waals surface area contributed by atoms with E-state index in [4.69, 9.17) is 5.26 Å². The first-order valence-corrected chi connectivity index (χ1v) is 6.15. The number of benzene rings is 1. The number of amides is 1. The SMILES string of the molecule is CC(C)c1ccc(C(C#N)CC(=O)N(C)C)cc1. The van der Waals surface area contributed by atoms with Gasteiger partial charge in [-0.1, -0.05) is 38.1 Å². The highest BCUT2D eigenvalue weighted by Crippen LogP contribution is 2.22. The molecule has 1 aromatic carbocycles. The summed E-state index contributed by atoms with van der Waals surface area (Å²) in [7, 11) is 3.41. The predicted octanol–water partition coefficient (Wildman–Crippen LogP) is 2.90. The average Bonchev–Trinajstić information content (AvgIpc) is 2.35. The number of hydrogen-bond donors (Lipinski definition) is 0. The van der Waals surface area contributed by atoms with Gasteiger partial charge in [0, 0.05) is 20.5 Å². The molecule has 0 spiro atoms. The Labute approximate surface area is 109 Å². The number of nitriles is 1. The topological polar surface area (TPSA) is 44.1 Å². The second-order valence-electron chi connectivity index (χ2n) is 5.00. The molecule has 1 amide bonds. The van der Waals surface area contributed by atoms with Crippen LogP contribution in [0.4, 0.5) is 0 Å². The minimum absolute atomic E-state index is 0.0190. The molecular weight excluding hydrogens is 224 g/mol. The molecule has 0 aliphatic heterocycles. The van der Waals surface area contributed by atoms with Crippen LogP contribution in [0.1, 0.15) is 43.2 Å². The molecule has 0 aliphatic carbocycles. The molecule has 18 heavy (non-hydrogen) atoms. The molecule has 0 heterocycles. The van der Waals surface area contributed by atoms with Gasteiger partial charge >= 0.3 is 0 Å². The van der Waals surface area contributed by atoms with Gasteiger partial charge in [-0.15, -0.1) is 0 Å². The van der Waals surface area contributed by atoms with E-state index in [1.165, 1.54) is 10.5 Å². The minimum Gasteiger partial charge on any atom is -0.349 e. The van der Waals surface area contributed by atoms with E-state index in [0.29, 0.717) is 5.92 Å². The monoisotopic (exact) mass is 244 g/mol. The summed E-state index contributed by atoms with van der Waals surface area (Å²) in [5.74, 6) is 0.0959. The summed E-state index contributed by atoms with van der Waals surface area (Å²) >= 11 is 0. The first-order chi connectivity index (χ1) is 8.45. The molecule has 0 bridgehead atoms. The van der Waals surface area contributed by atoms with Crippen molar-refractivity contribution in [1.29, 1.82) is 5.26 Å². The van der Waals surface area contributed by atoms with E-state index in [2.05, 4.69) is 19.9 Å². The zero-order valence-corrected chi connectivity index (χ0v) is 11.5. The summed E-state index contributed by atoms with van der Waals surface area (Å²) in [4.78, 5) is 13.2. The van der Waals surface area contributed by atoms with E-state index in [1.54, 1.807) is 14.1 Å². The molecular formula is C15H20N2O. The van der Waals surface area contributed by atoms with E-state index >= 15 is 0 Å². The maximum atomic E-state index is 11.6. The number of hydrogen-bond acceptors (Lipinski definition) is 2. The first kappa shape index (κ1) is 14.2. The van der Waals surface area contributed by atoms with E-state index in [1.807, 2.05) is 24.3 Å². The van der Waals surface area contributed by atoms with Crippen LogP contribution in [0.3, 0.4) is 0 Å². The fourth-order valence-electron chi connectivity index (χ4n) is 1.71. The van der Waals surface area contributed by atoms with Crippen molar-refractivity contribution in [3.63, 3.8) is 0 Å². The van der Waals surface area contributed by atoms with Gasteiger partial charge in [0.1, 0.15) is 0 Å². The molecule has 96 valence electrons. The van der Waals surface area contributed by atoms with Gasteiger partial charge in [-0.3, -0.25) is 4.79 Å². The lowest BCUT2D eigenvalue weighted by Crippen LogP contribution is -2.23. The fraction of sp³-hybridized carbons (Fsp3) is 0.467. The summed E-state index contributed by atoms with van der Waals surface area (Å²) in [6, 6.07) is 10.2. The van der Waals surface area contributed by atoms with E-state index in [-0.39, 0.29) is 18.2 Å². The Balaban J connectivity index is 2.84. The van der Waals surface area contributed by atoms with Crippen molar-refractivity contribution in [1.82, 2.24) is 4.90 Å². The van der Waals surface area contributed by atoms with Crippen LogP contribution in [-0.4, -0.2) is 24.9 Å². The quantitative estimate of drug-likeness (QED) is 0.817. The predicted molar refractivity (Wildman–Crippen MR) is 72.2 cm³/mol. The Morgan fingerprint density at radius 3 is 2.11 bits per heavy atom. The normalized spacial score (nSPS) is 12.0. The van der Waals surface area contributed by atoms with Crippen molar-refractivity contribution in [2.24, 2.45) is 0 Å². The third-order valence-electron chi connectivity index (χ3n) is 3.04. The van der Waals surface area contributed by atoms with E-state index < -0.39 is 0 Å². The Hall–Kier alpha value is -1.82.